The van der Waals surface area contributed by atoms with Gasteiger partial charge in [-0.15, -0.1) is 0 Å². The fraction of sp³-hybridized carbons (Fsp3) is 0.364. The molecule has 88 valence electrons. The van der Waals surface area contributed by atoms with Crippen LogP contribution in [-0.4, -0.2) is 19.5 Å². The Kier molecular flexibility index (Phi) is 4.37. The number of likely N-dealkylation sites (N-methyl/N-ethyl adjacent to an activating group) is 1. The highest BCUT2D eigenvalue weighted by molar-refractivity contribution is 5.77. The molecule has 0 aliphatic carbocycles. The van der Waals surface area contributed by atoms with Crippen LogP contribution in [0, 0.1) is 11.6 Å². The molecule has 1 unspecified atom stereocenters. The Morgan fingerprint density at radius 1 is 1.44 bits per heavy atom. The molecule has 1 aromatic carbocycles. The monoisotopic (exact) mass is 228 g/mol. The van der Waals surface area contributed by atoms with E-state index in [9.17, 15) is 13.6 Å². The van der Waals surface area contributed by atoms with Gasteiger partial charge in [-0.25, -0.2) is 8.78 Å². The highest BCUT2D eigenvalue weighted by atomic mass is 19.2. The minimum absolute atomic E-state index is 0.0631. The largest absolute Gasteiger partial charge is 0.358 e. The van der Waals surface area contributed by atoms with E-state index in [0.29, 0.717) is 0 Å². The number of rotatable bonds is 4. The molecule has 2 N–H and O–H groups in total. The number of hydrogen-bond acceptors (Lipinski definition) is 2. The number of nitrogens with one attached hydrogen (secondary N) is 2. The first-order valence-corrected chi connectivity index (χ1v) is 4.94. The average Bonchev–Trinajstić information content (AvgIpc) is 2.29. The molecule has 5 heteroatoms. The van der Waals surface area contributed by atoms with Crippen molar-refractivity contribution in [3.63, 3.8) is 0 Å². The average molecular weight is 228 g/mol. The van der Waals surface area contributed by atoms with Crippen molar-refractivity contribution in [2.45, 2.75) is 13.0 Å². The molecule has 0 aliphatic heterocycles. The van der Waals surface area contributed by atoms with E-state index in [2.05, 4.69) is 10.6 Å². The van der Waals surface area contributed by atoms with Crippen LogP contribution in [0.4, 0.5) is 8.78 Å². The SMILES string of the molecule is CNC(=O)CNC(C)c1cccc(F)c1F. The van der Waals surface area contributed by atoms with Gasteiger partial charge in [0.25, 0.3) is 0 Å². The lowest BCUT2D eigenvalue weighted by Gasteiger charge is -2.14. The zero-order chi connectivity index (χ0) is 12.1. The number of amides is 1. The van der Waals surface area contributed by atoms with Gasteiger partial charge < -0.3 is 10.6 Å². The summed E-state index contributed by atoms with van der Waals surface area (Å²) < 4.78 is 26.3. The lowest BCUT2D eigenvalue weighted by molar-refractivity contribution is -0.119. The molecule has 1 atom stereocenters. The van der Waals surface area contributed by atoms with Crippen LogP contribution < -0.4 is 10.6 Å². The summed E-state index contributed by atoms with van der Waals surface area (Å²) in [4.78, 5) is 11.0. The van der Waals surface area contributed by atoms with E-state index in [1.807, 2.05) is 0 Å². The first-order chi connectivity index (χ1) is 7.56. The van der Waals surface area contributed by atoms with Gasteiger partial charge in [0.05, 0.1) is 6.54 Å². The van der Waals surface area contributed by atoms with Gasteiger partial charge in [-0.05, 0) is 13.0 Å². The highest BCUT2D eigenvalue weighted by Crippen LogP contribution is 2.18. The molecule has 0 heterocycles. The van der Waals surface area contributed by atoms with E-state index in [1.54, 1.807) is 6.92 Å². The summed E-state index contributed by atoms with van der Waals surface area (Å²) in [6.45, 7) is 1.73. The van der Waals surface area contributed by atoms with Crippen molar-refractivity contribution < 1.29 is 13.6 Å². The fourth-order valence-electron chi connectivity index (χ4n) is 1.30. The summed E-state index contributed by atoms with van der Waals surface area (Å²) in [6.07, 6.45) is 0. The second-order valence-corrected chi connectivity index (χ2v) is 3.42. The number of benzene rings is 1. The van der Waals surface area contributed by atoms with Crippen LogP contribution >= 0.6 is 0 Å². The van der Waals surface area contributed by atoms with E-state index in [0.717, 1.165) is 6.07 Å². The zero-order valence-electron chi connectivity index (χ0n) is 9.18. The van der Waals surface area contributed by atoms with E-state index in [4.69, 9.17) is 0 Å². The van der Waals surface area contributed by atoms with Crippen molar-refractivity contribution >= 4 is 5.91 Å². The summed E-state index contributed by atoms with van der Waals surface area (Å²) in [7, 11) is 1.51. The molecular formula is C11H14F2N2O. The Morgan fingerprint density at radius 3 is 2.75 bits per heavy atom. The normalized spacial score (nSPS) is 12.2. The van der Waals surface area contributed by atoms with Gasteiger partial charge in [-0.2, -0.15) is 0 Å². The molecular weight excluding hydrogens is 214 g/mol. The molecule has 16 heavy (non-hydrogen) atoms. The number of carbonyl (C=O) groups is 1. The van der Waals surface area contributed by atoms with Crippen molar-refractivity contribution in [1.82, 2.24) is 10.6 Å². The maximum atomic E-state index is 13.3. The van der Waals surface area contributed by atoms with Gasteiger partial charge in [-0.1, -0.05) is 12.1 Å². The van der Waals surface area contributed by atoms with Crippen molar-refractivity contribution in [1.29, 1.82) is 0 Å². The summed E-state index contributed by atoms with van der Waals surface area (Å²) in [5.41, 5.74) is 0.212. The summed E-state index contributed by atoms with van der Waals surface area (Å²) in [6, 6.07) is 3.56. The Bertz CT molecular complexity index is 382. The minimum Gasteiger partial charge on any atom is -0.358 e. The molecule has 1 rings (SSSR count). The lowest BCUT2D eigenvalue weighted by Crippen LogP contribution is -2.33. The Hall–Kier alpha value is -1.49. The van der Waals surface area contributed by atoms with E-state index in [-0.39, 0.29) is 18.0 Å². The number of carbonyl (C=O) groups excluding carboxylic acids is 1. The van der Waals surface area contributed by atoms with Crippen LogP contribution in [0.5, 0.6) is 0 Å². The standard InChI is InChI=1S/C11H14F2N2O/c1-7(15-6-10(16)14-2)8-4-3-5-9(12)11(8)13/h3-5,7,15H,6H2,1-2H3,(H,14,16). The molecule has 0 saturated heterocycles. The topological polar surface area (TPSA) is 41.1 Å². The molecule has 0 aliphatic rings. The van der Waals surface area contributed by atoms with Crippen LogP contribution in [0.15, 0.2) is 18.2 Å². The van der Waals surface area contributed by atoms with Gasteiger partial charge in [0.1, 0.15) is 0 Å². The van der Waals surface area contributed by atoms with Crippen LogP contribution in [0.2, 0.25) is 0 Å². The van der Waals surface area contributed by atoms with Crippen molar-refractivity contribution in [2.24, 2.45) is 0 Å². The first-order valence-electron chi connectivity index (χ1n) is 4.94. The molecule has 0 saturated carbocycles. The molecule has 1 aromatic rings. The smallest absolute Gasteiger partial charge is 0.233 e. The quantitative estimate of drug-likeness (QED) is 0.817. The minimum atomic E-state index is -0.883. The Balaban J connectivity index is 2.69. The second-order valence-electron chi connectivity index (χ2n) is 3.42. The maximum absolute atomic E-state index is 13.3. The molecule has 0 fully saturated rings. The van der Waals surface area contributed by atoms with Crippen LogP contribution in [-0.2, 0) is 4.79 Å². The molecule has 0 aromatic heterocycles. The predicted octanol–water partition coefficient (Wildman–Crippen LogP) is 1.36. The number of halogens is 2. The predicted molar refractivity (Wildman–Crippen MR) is 56.8 cm³/mol. The Labute approximate surface area is 92.8 Å². The van der Waals surface area contributed by atoms with E-state index in [1.165, 1.54) is 19.2 Å². The van der Waals surface area contributed by atoms with Crippen LogP contribution in [0.3, 0.4) is 0 Å². The third-order valence-electron chi connectivity index (χ3n) is 2.30. The van der Waals surface area contributed by atoms with Gasteiger partial charge in [0.15, 0.2) is 11.6 Å². The summed E-state index contributed by atoms with van der Waals surface area (Å²) in [5, 5.41) is 5.23. The number of hydrogen-bond donors (Lipinski definition) is 2. The van der Waals surface area contributed by atoms with E-state index >= 15 is 0 Å². The Morgan fingerprint density at radius 2 is 2.12 bits per heavy atom. The molecule has 0 bridgehead atoms. The third-order valence-corrected chi connectivity index (χ3v) is 2.30. The van der Waals surface area contributed by atoms with Crippen LogP contribution in [0.25, 0.3) is 0 Å². The van der Waals surface area contributed by atoms with Gasteiger partial charge >= 0.3 is 0 Å². The summed E-state index contributed by atoms with van der Waals surface area (Å²) in [5.74, 6) is -1.96. The second kappa shape index (κ2) is 5.55. The highest BCUT2D eigenvalue weighted by Gasteiger charge is 2.14. The lowest BCUT2D eigenvalue weighted by atomic mass is 10.1. The first kappa shape index (κ1) is 12.6. The molecule has 0 spiro atoms. The molecule has 3 nitrogen and oxygen atoms in total. The maximum Gasteiger partial charge on any atom is 0.233 e. The van der Waals surface area contributed by atoms with Crippen molar-refractivity contribution in [3.8, 4) is 0 Å². The zero-order valence-corrected chi connectivity index (χ0v) is 9.18. The van der Waals surface area contributed by atoms with E-state index < -0.39 is 17.7 Å². The molecule has 1 amide bonds. The summed E-state index contributed by atoms with van der Waals surface area (Å²) >= 11 is 0. The fourth-order valence-corrected chi connectivity index (χ4v) is 1.30. The van der Waals surface area contributed by atoms with Gasteiger partial charge in [-0.3, -0.25) is 4.79 Å². The van der Waals surface area contributed by atoms with Gasteiger partial charge in [0, 0.05) is 18.7 Å². The van der Waals surface area contributed by atoms with Crippen molar-refractivity contribution in [3.05, 3.63) is 35.4 Å². The van der Waals surface area contributed by atoms with Crippen LogP contribution in [0.1, 0.15) is 18.5 Å². The van der Waals surface area contributed by atoms with Crippen molar-refractivity contribution in [2.75, 3.05) is 13.6 Å². The van der Waals surface area contributed by atoms with Gasteiger partial charge in [0.2, 0.25) is 5.91 Å². The third kappa shape index (κ3) is 3.00. The molecule has 0 radical (unpaired) electrons.